The van der Waals surface area contributed by atoms with Gasteiger partial charge >= 0.3 is 11.7 Å². The number of oxime groups is 1. The van der Waals surface area contributed by atoms with Gasteiger partial charge in [0.25, 0.3) is 0 Å². The number of carbonyl (C=O) groups is 1. The van der Waals surface area contributed by atoms with Crippen LogP contribution in [-0.2, 0) is 4.84 Å². The number of carbonyl (C=O) groups excluding carboxylic acids is 1. The third-order valence-electron chi connectivity index (χ3n) is 3.57. The molecule has 0 spiro atoms. The van der Waals surface area contributed by atoms with Gasteiger partial charge in [0.05, 0.1) is 16.7 Å². The highest BCUT2D eigenvalue weighted by Gasteiger charge is 2.16. The number of hydrogen-bond acceptors (Lipinski definition) is 6. The van der Waals surface area contributed by atoms with Crippen molar-refractivity contribution in [1.29, 1.82) is 0 Å². The largest absolute Gasteiger partial charge is 0.450 e. The third kappa shape index (κ3) is 4.93. The zero-order chi connectivity index (χ0) is 19.9. The molecule has 0 saturated heterocycles. The van der Waals surface area contributed by atoms with Crippen LogP contribution >= 0.6 is 11.6 Å². The van der Waals surface area contributed by atoms with E-state index < -0.39 is 10.9 Å². The van der Waals surface area contributed by atoms with Crippen molar-refractivity contribution in [3.8, 4) is 11.5 Å². The number of nitrogens with zero attached hydrogens (tertiary/aromatic N) is 2. The molecular weight excluding hydrogens is 384 g/mol. The summed E-state index contributed by atoms with van der Waals surface area (Å²) in [5.41, 5.74) is 0.460. The number of ether oxygens (including phenoxy) is 1. The maximum Gasteiger partial charge on any atom is 0.365 e. The second-order valence-corrected chi connectivity index (χ2v) is 5.96. The number of rotatable bonds is 6. The molecule has 3 rings (SSSR count). The Hall–Kier alpha value is -3.71. The summed E-state index contributed by atoms with van der Waals surface area (Å²) in [5.74, 6) is -0.162. The van der Waals surface area contributed by atoms with E-state index in [-0.39, 0.29) is 11.4 Å². The topological polar surface area (TPSA) is 91.0 Å². The zero-order valence-electron chi connectivity index (χ0n) is 14.3. The van der Waals surface area contributed by atoms with E-state index in [1.165, 1.54) is 18.3 Å². The highest BCUT2D eigenvalue weighted by atomic mass is 35.5. The lowest BCUT2D eigenvalue weighted by Crippen LogP contribution is -2.00. The van der Waals surface area contributed by atoms with Gasteiger partial charge in [-0.15, -0.1) is 0 Å². The molecule has 28 heavy (non-hydrogen) atoms. The standard InChI is InChI=1S/C20H13ClN2O5/c21-16-7-9-17(10-8-16)27-19-11-6-14(12-18(19)23(25)26)13-22-28-20(24)15-4-2-1-3-5-15/h1-13H/b22-13+. The Morgan fingerprint density at radius 3 is 2.43 bits per heavy atom. The van der Waals surface area contributed by atoms with Gasteiger partial charge in [-0.3, -0.25) is 10.1 Å². The van der Waals surface area contributed by atoms with Gasteiger partial charge in [-0.05, 0) is 48.5 Å². The van der Waals surface area contributed by atoms with E-state index in [4.69, 9.17) is 21.2 Å². The molecule has 0 saturated carbocycles. The minimum absolute atomic E-state index is 0.0609. The van der Waals surface area contributed by atoms with E-state index in [2.05, 4.69) is 5.16 Å². The van der Waals surface area contributed by atoms with Crippen molar-refractivity contribution in [1.82, 2.24) is 0 Å². The minimum Gasteiger partial charge on any atom is -0.450 e. The molecule has 0 atom stereocenters. The average Bonchev–Trinajstić information content (AvgIpc) is 2.71. The predicted octanol–water partition coefficient (Wildman–Crippen LogP) is 5.23. The molecule has 0 unspecified atom stereocenters. The van der Waals surface area contributed by atoms with Crippen molar-refractivity contribution < 1.29 is 19.3 Å². The van der Waals surface area contributed by atoms with Crippen LogP contribution in [0.1, 0.15) is 15.9 Å². The highest BCUT2D eigenvalue weighted by Crippen LogP contribution is 2.32. The lowest BCUT2D eigenvalue weighted by Gasteiger charge is -2.07. The Labute approximate surface area is 164 Å². The van der Waals surface area contributed by atoms with Gasteiger partial charge in [0, 0.05) is 16.7 Å². The van der Waals surface area contributed by atoms with Crippen molar-refractivity contribution in [3.05, 3.63) is 99.1 Å². The van der Waals surface area contributed by atoms with E-state index >= 15 is 0 Å². The quantitative estimate of drug-likeness (QED) is 0.246. The van der Waals surface area contributed by atoms with Gasteiger partial charge in [0.2, 0.25) is 5.75 Å². The predicted molar refractivity (Wildman–Crippen MR) is 104 cm³/mol. The molecule has 0 aliphatic heterocycles. The number of benzene rings is 3. The van der Waals surface area contributed by atoms with Crippen LogP contribution in [0.4, 0.5) is 5.69 Å². The molecule has 0 bridgehead atoms. The molecule has 3 aromatic carbocycles. The maximum atomic E-state index is 11.8. The van der Waals surface area contributed by atoms with Crippen LogP contribution in [0.5, 0.6) is 11.5 Å². The number of nitro groups is 1. The second-order valence-electron chi connectivity index (χ2n) is 5.52. The molecule has 0 aliphatic carbocycles. The van der Waals surface area contributed by atoms with Crippen molar-refractivity contribution >= 4 is 29.5 Å². The summed E-state index contributed by atoms with van der Waals surface area (Å²) in [6.45, 7) is 0. The van der Waals surface area contributed by atoms with E-state index in [1.54, 1.807) is 60.7 Å². The van der Waals surface area contributed by atoms with Crippen molar-refractivity contribution in [2.45, 2.75) is 0 Å². The van der Waals surface area contributed by atoms with E-state index in [9.17, 15) is 14.9 Å². The first-order valence-corrected chi connectivity index (χ1v) is 8.42. The summed E-state index contributed by atoms with van der Waals surface area (Å²) in [4.78, 5) is 27.4. The lowest BCUT2D eigenvalue weighted by atomic mass is 10.2. The molecule has 0 N–H and O–H groups in total. The fourth-order valence-electron chi connectivity index (χ4n) is 2.24. The Balaban J connectivity index is 1.74. The fraction of sp³-hybridized carbons (Fsp3) is 0. The molecule has 3 aromatic rings. The molecule has 0 heterocycles. The van der Waals surface area contributed by atoms with Crippen LogP contribution in [0.3, 0.4) is 0 Å². The Bertz CT molecular complexity index is 1020. The van der Waals surface area contributed by atoms with Crippen molar-refractivity contribution in [2.24, 2.45) is 5.16 Å². The molecule has 0 fully saturated rings. The molecule has 8 heteroatoms. The van der Waals surface area contributed by atoms with Gasteiger partial charge in [-0.2, -0.15) is 0 Å². The van der Waals surface area contributed by atoms with Crippen molar-refractivity contribution in [2.75, 3.05) is 0 Å². The molecule has 7 nitrogen and oxygen atoms in total. The third-order valence-corrected chi connectivity index (χ3v) is 3.82. The molecule has 0 radical (unpaired) electrons. The minimum atomic E-state index is -0.631. The fourth-order valence-corrected chi connectivity index (χ4v) is 2.36. The van der Waals surface area contributed by atoms with Gasteiger partial charge in [-0.25, -0.2) is 4.79 Å². The van der Waals surface area contributed by atoms with Crippen LogP contribution in [-0.4, -0.2) is 17.1 Å². The van der Waals surface area contributed by atoms with Gasteiger partial charge in [-0.1, -0.05) is 35.0 Å². The SMILES string of the molecule is O=C(O/N=C/c1ccc(Oc2ccc(Cl)cc2)c([N+](=O)[O-])c1)c1ccccc1. The van der Waals surface area contributed by atoms with Gasteiger partial charge in [0.15, 0.2) is 0 Å². The normalized spacial score (nSPS) is 10.6. The molecular formula is C20H13ClN2O5. The van der Waals surface area contributed by atoms with E-state index in [0.717, 1.165) is 0 Å². The molecule has 0 aromatic heterocycles. The summed E-state index contributed by atoms with van der Waals surface area (Å²) >= 11 is 5.81. The Kier molecular flexibility index (Phi) is 5.98. The lowest BCUT2D eigenvalue weighted by molar-refractivity contribution is -0.385. The van der Waals surface area contributed by atoms with Crippen LogP contribution in [0, 0.1) is 10.1 Å². The van der Waals surface area contributed by atoms with Crippen LogP contribution < -0.4 is 4.74 Å². The first kappa shape index (κ1) is 19.1. The zero-order valence-corrected chi connectivity index (χ0v) is 15.1. The molecule has 0 aliphatic rings. The highest BCUT2D eigenvalue weighted by molar-refractivity contribution is 6.30. The van der Waals surface area contributed by atoms with Gasteiger partial charge < -0.3 is 9.57 Å². The monoisotopic (exact) mass is 396 g/mol. The second kappa shape index (κ2) is 8.79. The van der Waals surface area contributed by atoms with Crippen LogP contribution in [0.25, 0.3) is 0 Å². The molecule has 0 amide bonds. The van der Waals surface area contributed by atoms with E-state index in [1.807, 2.05) is 0 Å². The van der Waals surface area contributed by atoms with Crippen LogP contribution in [0.15, 0.2) is 78.0 Å². The Morgan fingerprint density at radius 2 is 1.75 bits per heavy atom. The van der Waals surface area contributed by atoms with E-state index in [0.29, 0.717) is 21.9 Å². The maximum absolute atomic E-state index is 11.8. The average molecular weight is 397 g/mol. The summed E-state index contributed by atoms with van der Waals surface area (Å²) in [5, 5.41) is 15.5. The Morgan fingerprint density at radius 1 is 1.04 bits per heavy atom. The first-order chi connectivity index (χ1) is 13.5. The number of nitro benzene ring substituents is 1. The summed E-state index contributed by atoms with van der Waals surface area (Å²) in [6.07, 6.45) is 1.21. The van der Waals surface area contributed by atoms with Crippen molar-refractivity contribution in [3.63, 3.8) is 0 Å². The summed E-state index contributed by atoms with van der Waals surface area (Å²) in [6, 6.07) is 19.0. The summed E-state index contributed by atoms with van der Waals surface area (Å²) < 4.78 is 5.55. The molecule has 140 valence electrons. The van der Waals surface area contributed by atoms with Gasteiger partial charge in [0.1, 0.15) is 5.75 Å². The number of halogens is 1. The number of hydrogen-bond donors (Lipinski definition) is 0. The van der Waals surface area contributed by atoms with Crippen LogP contribution in [0.2, 0.25) is 5.02 Å². The smallest absolute Gasteiger partial charge is 0.365 e. The first-order valence-electron chi connectivity index (χ1n) is 8.04. The summed E-state index contributed by atoms with van der Waals surface area (Å²) in [7, 11) is 0.